The SMILES string of the molecule is COc1ccc(C[NH2+]CC[C@@H](c2ccc(C)cc2)c2ccc(OC(C)C)cc2)cc1. The van der Waals surface area contributed by atoms with Crippen molar-refractivity contribution in [3.05, 3.63) is 95.1 Å². The fraction of sp³-hybridized carbons (Fsp3) is 0.333. The van der Waals surface area contributed by atoms with Crippen molar-refractivity contribution in [3.8, 4) is 11.5 Å². The van der Waals surface area contributed by atoms with E-state index in [1.54, 1.807) is 7.11 Å². The lowest BCUT2D eigenvalue weighted by Gasteiger charge is -2.19. The monoisotopic (exact) mass is 404 g/mol. The van der Waals surface area contributed by atoms with Crippen molar-refractivity contribution in [2.24, 2.45) is 0 Å². The fourth-order valence-corrected chi connectivity index (χ4v) is 3.69. The zero-order valence-corrected chi connectivity index (χ0v) is 18.6. The van der Waals surface area contributed by atoms with Gasteiger partial charge in [0.2, 0.25) is 0 Å². The molecule has 3 aromatic carbocycles. The molecule has 1 atom stereocenters. The van der Waals surface area contributed by atoms with Gasteiger partial charge in [0.15, 0.2) is 0 Å². The van der Waals surface area contributed by atoms with E-state index in [9.17, 15) is 0 Å². The number of hydrogen-bond donors (Lipinski definition) is 1. The average Bonchev–Trinajstić information content (AvgIpc) is 2.75. The molecular formula is C27H34NO2+. The van der Waals surface area contributed by atoms with Crippen LogP contribution in [0.1, 0.15) is 48.4 Å². The Bertz CT molecular complexity index is 884. The Morgan fingerprint density at radius 2 is 1.33 bits per heavy atom. The number of nitrogens with two attached hydrogens (primary N) is 1. The zero-order chi connectivity index (χ0) is 21.3. The van der Waals surface area contributed by atoms with Crippen LogP contribution in [0.5, 0.6) is 11.5 Å². The van der Waals surface area contributed by atoms with Gasteiger partial charge in [-0.1, -0.05) is 42.0 Å². The first-order valence-electron chi connectivity index (χ1n) is 10.8. The molecule has 2 N–H and O–H groups in total. The first-order chi connectivity index (χ1) is 14.5. The second kappa shape index (κ2) is 10.8. The van der Waals surface area contributed by atoms with Crippen molar-refractivity contribution in [2.45, 2.75) is 45.8 Å². The third kappa shape index (κ3) is 6.36. The Labute approximate surface area is 181 Å². The summed E-state index contributed by atoms with van der Waals surface area (Å²) < 4.78 is 11.1. The van der Waals surface area contributed by atoms with E-state index in [0.717, 1.165) is 31.0 Å². The summed E-state index contributed by atoms with van der Waals surface area (Å²) in [7, 11) is 1.70. The van der Waals surface area contributed by atoms with Crippen LogP contribution >= 0.6 is 0 Å². The largest absolute Gasteiger partial charge is 0.497 e. The molecule has 30 heavy (non-hydrogen) atoms. The van der Waals surface area contributed by atoms with E-state index < -0.39 is 0 Å². The summed E-state index contributed by atoms with van der Waals surface area (Å²) in [5.74, 6) is 2.22. The first-order valence-corrected chi connectivity index (χ1v) is 10.8. The summed E-state index contributed by atoms with van der Waals surface area (Å²) in [5, 5.41) is 2.39. The Kier molecular flexibility index (Phi) is 7.92. The highest BCUT2D eigenvalue weighted by molar-refractivity contribution is 5.37. The van der Waals surface area contributed by atoms with Crippen LogP contribution in [-0.4, -0.2) is 19.8 Å². The topological polar surface area (TPSA) is 35.1 Å². The Hall–Kier alpha value is -2.78. The van der Waals surface area contributed by atoms with Crippen LogP contribution in [0.15, 0.2) is 72.8 Å². The quantitative estimate of drug-likeness (QED) is 0.479. The number of hydrogen-bond acceptors (Lipinski definition) is 2. The lowest BCUT2D eigenvalue weighted by atomic mass is 9.88. The number of quaternary nitrogens is 1. The molecule has 0 fully saturated rings. The van der Waals surface area contributed by atoms with Gasteiger partial charge in [0.05, 0.1) is 19.8 Å². The molecule has 0 unspecified atom stereocenters. The number of methoxy groups -OCH3 is 1. The molecule has 0 saturated heterocycles. The van der Waals surface area contributed by atoms with Gasteiger partial charge in [0.1, 0.15) is 18.0 Å². The van der Waals surface area contributed by atoms with Gasteiger partial charge < -0.3 is 14.8 Å². The summed E-state index contributed by atoms with van der Waals surface area (Å²) in [6, 6.07) is 25.9. The molecule has 0 aromatic heterocycles. The highest BCUT2D eigenvalue weighted by atomic mass is 16.5. The van der Waals surface area contributed by atoms with Crippen LogP contribution < -0.4 is 14.8 Å². The maximum absolute atomic E-state index is 5.82. The maximum Gasteiger partial charge on any atom is 0.119 e. The molecule has 158 valence electrons. The molecule has 0 saturated carbocycles. The van der Waals surface area contributed by atoms with Crippen molar-refractivity contribution < 1.29 is 14.8 Å². The molecule has 3 rings (SSSR count). The third-order valence-electron chi connectivity index (χ3n) is 5.33. The molecule has 3 nitrogen and oxygen atoms in total. The lowest BCUT2D eigenvalue weighted by molar-refractivity contribution is -0.671. The molecule has 0 spiro atoms. The lowest BCUT2D eigenvalue weighted by Crippen LogP contribution is -2.82. The minimum Gasteiger partial charge on any atom is -0.497 e. The molecule has 3 heteroatoms. The van der Waals surface area contributed by atoms with Crippen molar-refractivity contribution in [1.29, 1.82) is 0 Å². The van der Waals surface area contributed by atoms with Crippen LogP contribution in [0.4, 0.5) is 0 Å². The predicted octanol–water partition coefficient (Wildman–Crippen LogP) is 5.08. The van der Waals surface area contributed by atoms with E-state index in [1.165, 1.54) is 22.3 Å². The molecule has 0 aliphatic heterocycles. The van der Waals surface area contributed by atoms with Gasteiger partial charge >= 0.3 is 0 Å². The second-order valence-electron chi connectivity index (χ2n) is 8.12. The highest BCUT2D eigenvalue weighted by Crippen LogP contribution is 2.29. The maximum atomic E-state index is 5.82. The molecule has 0 aliphatic carbocycles. The van der Waals surface area contributed by atoms with Crippen molar-refractivity contribution in [3.63, 3.8) is 0 Å². The van der Waals surface area contributed by atoms with Gasteiger partial charge in [-0.2, -0.15) is 0 Å². The Balaban J connectivity index is 1.66. The van der Waals surface area contributed by atoms with Gasteiger partial charge in [-0.25, -0.2) is 0 Å². The van der Waals surface area contributed by atoms with Crippen molar-refractivity contribution >= 4 is 0 Å². The van der Waals surface area contributed by atoms with Gasteiger partial charge in [-0.3, -0.25) is 0 Å². The molecule has 0 aliphatic rings. The van der Waals surface area contributed by atoms with Gasteiger partial charge in [0, 0.05) is 17.9 Å². The molecule has 3 aromatic rings. The molecule has 0 radical (unpaired) electrons. The summed E-state index contributed by atoms with van der Waals surface area (Å²) in [6.07, 6.45) is 1.28. The van der Waals surface area contributed by atoms with E-state index in [4.69, 9.17) is 9.47 Å². The highest BCUT2D eigenvalue weighted by Gasteiger charge is 2.15. The van der Waals surface area contributed by atoms with E-state index >= 15 is 0 Å². The van der Waals surface area contributed by atoms with Crippen LogP contribution in [0, 0.1) is 6.92 Å². The van der Waals surface area contributed by atoms with Crippen LogP contribution in [0.25, 0.3) is 0 Å². The minimum atomic E-state index is 0.191. The van der Waals surface area contributed by atoms with Crippen LogP contribution in [-0.2, 0) is 6.54 Å². The fourth-order valence-electron chi connectivity index (χ4n) is 3.69. The second-order valence-corrected chi connectivity index (χ2v) is 8.12. The number of rotatable bonds is 10. The third-order valence-corrected chi connectivity index (χ3v) is 5.33. The Morgan fingerprint density at radius 1 is 0.767 bits per heavy atom. The van der Waals surface area contributed by atoms with Gasteiger partial charge in [0.25, 0.3) is 0 Å². The smallest absolute Gasteiger partial charge is 0.119 e. The average molecular weight is 405 g/mol. The summed E-state index contributed by atoms with van der Waals surface area (Å²) in [5.41, 5.74) is 5.32. The molecule has 0 heterocycles. The van der Waals surface area contributed by atoms with Crippen molar-refractivity contribution in [2.75, 3.05) is 13.7 Å². The van der Waals surface area contributed by atoms with Crippen LogP contribution in [0.3, 0.4) is 0 Å². The standard InChI is InChI=1S/C27H33NO2/c1-20(2)30-26-15-11-24(12-16-26)27(23-9-5-21(3)6-10-23)17-18-28-19-22-7-13-25(29-4)14-8-22/h5-16,20,27-28H,17-19H2,1-4H3/p+1/t27-/m0/s1. The Morgan fingerprint density at radius 3 is 1.90 bits per heavy atom. The van der Waals surface area contributed by atoms with Gasteiger partial charge in [-0.05, 0) is 68.3 Å². The van der Waals surface area contributed by atoms with Crippen molar-refractivity contribution in [1.82, 2.24) is 0 Å². The molecule has 0 amide bonds. The summed E-state index contributed by atoms with van der Waals surface area (Å²) in [6.45, 7) is 8.30. The van der Waals surface area contributed by atoms with E-state index in [0.29, 0.717) is 5.92 Å². The van der Waals surface area contributed by atoms with E-state index in [1.807, 2.05) is 12.1 Å². The zero-order valence-electron chi connectivity index (χ0n) is 18.6. The number of benzene rings is 3. The normalized spacial score (nSPS) is 12.0. The minimum absolute atomic E-state index is 0.191. The van der Waals surface area contributed by atoms with Gasteiger partial charge in [-0.15, -0.1) is 0 Å². The molecule has 0 bridgehead atoms. The van der Waals surface area contributed by atoms with E-state index in [2.05, 4.69) is 86.8 Å². The first kappa shape index (κ1) is 21.9. The van der Waals surface area contributed by atoms with E-state index in [-0.39, 0.29) is 6.10 Å². The molecular weight excluding hydrogens is 370 g/mol. The number of aryl methyl sites for hydroxylation is 1. The summed E-state index contributed by atoms with van der Waals surface area (Å²) >= 11 is 0. The summed E-state index contributed by atoms with van der Waals surface area (Å²) in [4.78, 5) is 0. The predicted molar refractivity (Wildman–Crippen MR) is 123 cm³/mol. The van der Waals surface area contributed by atoms with Crippen LogP contribution in [0.2, 0.25) is 0 Å². The number of ether oxygens (including phenoxy) is 2.